The van der Waals surface area contributed by atoms with Crippen LogP contribution >= 0.6 is 23.2 Å². The highest BCUT2D eigenvalue weighted by molar-refractivity contribution is 6.42. The van der Waals surface area contributed by atoms with Crippen molar-refractivity contribution in [2.45, 2.75) is 13.3 Å². The van der Waals surface area contributed by atoms with Crippen molar-refractivity contribution in [3.8, 4) is 0 Å². The van der Waals surface area contributed by atoms with Crippen LogP contribution in [0.25, 0.3) is 0 Å². The van der Waals surface area contributed by atoms with Gasteiger partial charge in [-0.05, 0) is 24.6 Å². The molecule has 0 fully saturated rings. The molecule has 0 aliphatic rings. The summed E-state index contributed by atoms with van der Waals surface area (Å²) >= 11 is 11.9. The highest BCUT2D eigenvalue weighted by Crippen LogP contribution is 2.26. The van der Waals surface area contributed by atoms with Gasteiger partial charge in [-0.25, -0.2) is 0 Å². The molecule has 0 saturated heterocycles. The largest absolute Gasteiger partial charge is 0.469 e. The summed E-state index contributed by atoms with van der Waals surface area (Å²) < 4.78 is 5.10. The number of halogens is 2. The summed E-state index contributed by atoms with van der Waals surface area (Å²) in [7, 11) is 0. The zero-order valence-electron chi connectivity index (χ0n) is 9.17. The minimum Gasteiger partial charge on any atom is -0.469 e. The molecule has 4 heteroatoms. The topological polar surface area (TPSA) is 30.2 Å². The van der Waals surface area contributed by atoms with E-state index in [4.69, 9.17) is 27.6 Å². The molecule has 0 atom stereocenters. The van der Waals surface area contributed by atoms with E-state index < -0.39 is 0 Å². The van der Waals surface area contributed by atoms with Gasteiger partial charge in [0.1, 0.15) is 5.76 Å². The van der Waals surface area contributed by atoms with Gasteiger partial charge in [-0.2, -0.15) is 0 Å². The third-order valence-corrected chi connectivity index (χ3v) is 3.40. The van der Waals surface area contributed by atoms with Crippen LogP contribution in [-0.4, -0.2) is 5.78 Å². The van der Waals surface area contributed by atoms with E-state index in [9.17, 15) is 4.79 Å². The summed E-state index contributed by atoms with van der Waals surface area (Å²) in [6.45, 7) is 1.76. The van der Waals surface area contributed by atoms with E-state index in [2.05, 4.69) is 0 Å². The number of carbonyl (C=O) groups is 1. The van der Waals surface area contributed by atoms with Crippen LogP contribution in [0.3, 0.4) is 0 Å². The summed E-state index contributed by atoms with van der Waals surface area (Å²) in [5.41, 5.74) is 1.31. The Kier molecular flexibility index (Phi) is 3.55. The van der Waals surface area contributed by atoms with Crippen molar-refractivity contribution in [2.75, 3.05) is 0 Å². The van der Waals surface area contributed by atoms with Gasteiger partial charge < -0.3 is 4.42 Å². The highest BCUT2D eigenvalue weighted by Gasteiger charge is 2.14. The molecule has 2 rings (SSSR count). The molecule has 0 aliphatic carbocycles. The van der Waals surface area contributed by atoms with Crippen LogP contribution in [0.4, 0.5) is 0 Å². The predicted molar refractivity (Wildman–Crippen MR) is 67.9 cm³/mol. The van der Waals surface area contributed by atoms with Gasteiger partial charge in [0.2, 0.25) is 0 Å². The first-order chi connectivity index (χ1) is 8.09. The van der Waals surface area contributed by atoms with Crippen molar-refractivity contribution >= 4 is 29.0 Å². The number of benzene rings is 1. The minimum atomic E-state index is -0.0274. The van der Waals surface area contributed by atoms with E-state index >= 15 is 0 Å². The van der Waals surface area contributed by atoms with Crippen molar-refractivity contribution in [3.05, 3.63) is 57.5 Å². The van der Waals surface area contributed by atoms with Crippen LogP contribution < -0.4 is 0 Å². The Hall–Kier alpha value is -1.25. The maximum Gasteiger partial charge on any atom is 0.170 e. The van der Waals surface area contributed by atoms with Crippen molar-refractivity contribution in [3.63, 3.8) is 0 Å². The molecule has 0 radical (unpaired) electrons. The molecule has 1 aromatic heterocycles. The number of ketones is 1. The van der Waals surface area contributed by atoms with Gasteiger partial charge in [-0.3, -0.25) is 4.79 Å². The third kappa shape index (κ3) is 2.54. The Morgan fingerprint density at radius 3 is 2.71 bits per heavy atom. The molecule has 0 amide bonds. The van der Waals surface area contributed by atoms with Crippen LogP contribution in [0.1, 0.15) is 21.7 Å². The molecular weight excluding hydrogens is 259 g/mol. The molecule has 0 spiro atoms. The number of aryl methyl sites for hydroxylation is 1. The number of carbonyl (C=O) groups excluding carboxylic acids is 1. The highest BCUT2D eigenvalue weighted by atomic mass is 35.5. The van der Waals surface area contributed by atoms with E-state index in [0.29, 0.717) is 21.4 Å². The van der Waals surface area contributed by atoms with E-state index in [1.807, 2.05) is 0 Å². The average Bonchev–Trinajstić information content (AvgIpc) is 2.71. The van der Waals surface area contributed by atoms with Crippen molar-refractivity contribution in [1.82, 2.24) is 0 Å². The number of rotatable bonds is 3. The quantitative estimate of drug-likeness (QED) is 0.777. The van der Waals surface area contributed by atoms with E-state index in [-0.39, 0.29) is 12.2 Å². The monoisotopic (exact) mass is 268 g/mol. The van der Waals surface area contributed by atoms with Gasteiger partial charge in [0.05, 0.1) is 21.9 Å². The van der Waals surface area contributed by atoms with Gasteiger partial charge in [0.25, 0.3) is 0 Å². The van der Waals surface area contributed by atoms with Crippen molar-refractivity contribution < 1.29 is 9.21 Å². The predicted octanol–water partition coefficient (Wildman–Crippen LogP) is 4.32. The normalized spacial score (nSPS) is 10.5. The molecule has 88 valence electrons. The maximum absolute atomic E-state index is 12.0. The number of furan rings is 1. The number of hydrogen-bond acceptors (Lipinski definition) is 2. The number of Topliss-reactive ketones (excluding diaryl/α,β-unsaturated/α-hetero) is 1. The SMILES string of the molecule is Cc1occc1C(=O)Cc1cccc(Cl)c1Cl. The second-order valence-electron chi connectivity index (χ2n) is 3.70. The van der Waals surface area contributed by atoms with Gasteiger partial charge in [0, 0.05) is 6.42 Å². The van der Waals surface area contributed by atoms with E-state index in [1.54, 1.807) is 31.2 Å². The summed E-state index contributed by atoms with van der Waals surface area (Å²) in [6, 6.07) is 6.93. The molecule has 2 aromatic rings. The zero-order valence-corrected chi connectivity index (χ0v) is 10.7. The molecule has 17 heavy (non-hydrogen) atoms. The molecule has 1 heterocycles. The smallest absolute Gasteiger partial charge is 0.170 e. The summed E-state index contributed by atoms with van der Waals surface area (Å²) in [4.78, 5) is 12.0. The Balaban J connectivity index is 2.25. The summed E-state index contributed by atoms with van der Waals surface area (Å²) in [5, 5.41) is 0.893. The van der Waals surface area contributed by atoms with Crippen LogP contribution in [0.15, 0.2) is 34.9 Å². The van der Waals surface area contributed by atoms with Crippen LogP contribution in [-0.2, 0) is 6.42 Å². The lowest BCUT2D eigenvalue weighted by atomic mass is 10.0. The third-order valence-electron chi connectivity index (χ3n) is 2.54. The molecule has 0 N–H and O–H groups in total. The second-order valence-corrected chi connectivity index (χ2v) is 4.49. The van der Waals surface area contributed by atoms with Crippen LogP contribution in [0, 0.1) is 6.92 Å². The minimum absolute atomic E-state index is 0.0274. The summed E-state index contributed by atoms with van der Waals surface area (Å²) in [5.74, 6) is 0.591. The first-order valence-corrected chi connectivity index (χ1v) is 5.85. The Bertz CT molecular complexity index is 558. The van der Waals surface area contributed by atoms with E-state index in [0.717, 1.165) is 5.56 Å². The van der Waals surface area contributed by atoms with Crippen LogP contribution in [0.5, 0.6) is 0 Å². The lowest BCUT2D eigenvalue weighted by molar-refractivity contribution is 0.0991. The first-order valence-electron chi connectivity index (χ1n) is 5.10. The van der Waals surface area contributed by atoms with Crippen LogP contribution in [0.2, 0.25) is 10.0 Å². The molecule has 2 nitrogen and oxygen atoms in total. The molecule has 1 aromatic carbocycles. The lowest BCUT2D eigenvalue weighted by Gasteiger charge is -2.04. The average molecular weight is 269 g/mol. The first kappa shape index (κ1) is 12.2. The second kappa shape index (κ2) is 4.94. The fourth-order valence-corrected chi connectivity index (χ4v) is 2.01. The molecule has 0 bridgehead atoms. The molecular formula is C13H10Cl2O2. The maximum atomic E-state index is 12.0. The van der Waals surface area contributed by atoms with E-state index in [1.165, 1.54) is 6.26 Å². The Morgan fingerprint density at radius 1 is 1.29 bits per heavy atom. The van der Waals surface area contributed by atoms with Gasteiger partial charge in [-0.15, -0.1) is 0 Å². The standard InChI is InChI=1S/C13H10Cl2O2/c1-8-10(5-6-17-8)12(16)7-9-3-2-4-11(14)13(9)15/h2-6H,7H2,1H3. The number of hydrogen-bond donors (Lipinski definition) is 0. The lowest BCUT2D eigenvalue weighted by Crippen LogP contribution is -2.04. The molecule has 0 aliphatic heterocycles. The fraction of sp³-hybridized carbons (Fsp3) is 0.154. The van der Waals surface area contributed by atoms with Crippen molar-refractivity contribution in [1.29, 1.82) is 0 Å². The van der Waals surface area contributed by atoms with Gasteiger partial charge >= 0.3 is 0 Å². The molecule has 0 saturated carbocycles. The van der Waals surface area contributed by atoms with Gasteiger partial charge in [-0.1, -0.05) is 35.3 Å². The molecule has 0 unspecified atom stereocenters. The Morgan fingerprint density at radius 2 is 2.06 bits per heavy atom. The zero-order chi connectivity index (χ0) is 12.4. The summed E-state index contributed by atoms with van der Waals surface area (Å²) in [6.07, 6.45) is 1.72. The Labute approximate surface area is 109 Å². The van der Waals surface area contributed by atoms with Gasteiger partial charge in [0.15, 0.2) is 5.78 Å². The fourth-order valence-electron chi connectivity index (χ4n) is 1.63. The van der Waals surface area contributed by atoms with Crippen molar-refractivity contribution in [2.24, 2.45) is 0 Å².